The van der Waals surface area contributed by atoms with Crippen LogP contribution in [0.15, 0.2) is 0 Å². The molecule has 0 aromatic carbocycles. The highest BCUT2D eigenvalue weighted by Gasteiger charge is 2.36. The molecule has 1 fully saturated rings. The molecule has 1 amide bonds. The molecule has 4 atom stereocenters. The second-order valence-corrected chi connectivity index (χ2v) is 5.02. The molecule has 1 heterocycles. The number of hydrogen-bond acceptors (Lipinski definition) is 4. The van der Waals surface area contributed by atoms with Gasteiger partial charge in [-0.2, -0.15) is 0 Å². The fourth-order valence-corrected chi connectivity index (χ4v) is 2.22. The van der Waals surface area contributed by atoms with Crippen molar-refractivity contribution in [2.24, 2.45) is 11.8 Å². The molecule has 0 saturated carbocycles. The van der Waals surface area contributed by atoms with E-state index in [9.17, 15) is 14.7 Å². The summed E-state index contributed by atoms with van der Waals surface area (Å²) in [6.07, 6.45) is 0.703. The number of hydrogen-bond donors (Lipinski definition) is 3. The highest BCUT2D eigenvalue weighted by Crippen LogP contribution is 2.16. The van der Waals surface area contributed by atoms with E-state index in [1.54, 1.807) is 0 Å². The molecule has 0 bridgehead atoms. The molecule has 0 radical (unpaired) electrons. The van der Waals surface area contributed by atoms with Gasteiger partial charge < -0.3 is 20.5 Å². The summed E-state index contributed by atoms with van der Waals surface area (Å²) >= 11 is 0. The van der Waals surface area contributed by atoms with Crippen molar-refractivity contribution in [3.05, 3.63) is 0 Å². The lowest BCUT2D eigenvalue weighted by atomic mass is 9.97. The maximum Gasteiger partial charge on any atom is 0.326 e. The van der Waals surface area contributed by atoms with Crippen molar-refractivity contribution in [3.8, 4) is 0 Å². The van der Waals surface area contributed by atoms with E-state index in [0.717, 1.165) is 6.54 Å². The average Bonchev–Trinajstić information content (AvgIpc) is 2.83. The molecule has 0 spiro atoms. The number of nitrogens with one attached hydrogen (secondary N) is 2. The second kappa shape index (κ2) is 7.45. The fraction of sp³-hybridized carbons (Fsp3) is 0.846. The van der Waals surface area contributed by atoms with Crippen molar-refractivity contribution in [1.29, 1.82) is 0 Å². The number of carbonyl (C=O) groups is 2. The number of carbonyl (C=O) groups excluding carboxylic acids is 1. The second-order valence-electron chi connectivity index (χ2n) is 5.02. The molecule has 1 saturated heterocycles. The van der Waals surface area contributed by atoms with Gasteiger partial charge >= 0.3 is 5.97 Å². The van der Waals surface area contributed by atoms with Crippen LogP contribution >= 0.6 is 0 Å². The van der Waals surface area contributed by atoms with E-state index in [-0.39, 0.29) is 23.8 Å². The van der Waals surface area contributed by atoms with Crippen LogP contribution in [0.1, 0.15) is 27.2 Å². The van der Waals surface area contributed by atoms with Crippen LogP contribution in [-0.2, 0) is 14.3 Å². The third-order valence-electron chi connectivity index (χ3n) is 3.66. The average molecular weight is 272 g/mol. The standard InChI is InChI=1S/C13H24N2O4/c1-4-8(3)11(13(17)18)15-12(16)9-6-19-7-10(9)14-5-2/h8-11,14H,4-7H2,1-3H3,(H,15,16)(H,17,18)/t8-,9?,10?,11-/m0/s1. The molecular formula is C13H24N2O4. The van der Waals surface area contributed by atoms with E-state index in [2.05, 4.69) is 10.6 Å². The molecule has 1 rings (SSSR count). The van der Waals surface area contributed by atoms with Gasteiger partial charge in [0, 0.05) is 6.04 Å². The normalized spacial score (nSPS) is 25.8. The molecule has 1 aliphatic rings. The lowest BCUT2D eigenvalue weighted by molar-refractivity contribution is -0.144. The number of aliphatic carboxylic acids is 1. The molecule has 19 heavy (non-hydrogen) atoms. The smallest absolute Gasteiger partial charge is 0.326 e. The Bertz CT molecular complexity index is 322. The van der Waals surface area contributed by atoms with Crippen LogP contribution in [-0.4, -0.2) is 48.8 Å². The molecular weight excluding hydrogens is 248 g/mol. The van der Waals surface area contributed by atoms with Gasteiger partial charge in [0.2, 0.25) is 5.91 Å². The van der Waals surface area contributed by atoms with E-state index in [1.807, 2.05) is 20.8 Å². The van der Waals surface area contributed by atoms with Crippen LogP contribution in [0.3, 0.4) is 0 Å². The zero-order valence-electron chi connectivity index (χ0n) is 11.8. The Balaban J connectivity index is 2.63. The van der Waals surface area contributed by atoms with Gasteiger partial charge in [-0.25, -0.2) is 4.79 Å². The third kappa shape index (κ3) is 4.18. The van der Waals surface area contributed by atoms with Crippen molar-refractivity contribution in [2.45, 2.75) is 39.3 Å². The predicted octanol–water partition coefficient (Wildman–Crippen LogP) is 0.226. The monoisotopic (exact) mass is 272 g/mol. The first-order valence-corrected chi connectivity index (χ1v) is 6.85. The van der Waals surface area contributed by atoms with Gasteiger partial charge in [0.1, 0.15) is 6.04 Å². The zero-order chi connectivity index (χ0) is 14.4. The van der Waals surface area contributed by atoms with Crippen LogP contribution in [0.25, 0.3) is 0 Å². The quantitative estimate of drug-likeness (QED) is 0.617. The molecule has 110 valence electrons. The maximum absolute atomic E-state index is 12.2. The minimum Gasteiger partial charge on any atom is -0.480 e. The van der Waals surface area contributed by atoms with E-state index < -0.39 is 12.0 Å². The summed E-state index contributed by atoms with van der Waals surface area (Å²) in [6.45, 7) is 7.29. The van der Waals surface area contributed by atoms with Crippen molar-refractivity contribution < 1.29 is 19.4 Å². The van der Waals surface area contributed by atoms with Crippen LogP contribution < -0.4 is 10.6 Å². The Morgan fingerprint density at radius 2 is 2.05 bits per heavy atom. The molecule has 2 unspecified atom stereocenters. The summed E-state index contributed by atoms with van der Waals surface area (Å²) in [5.74, 6) is -1.63. The van der Waals surface area contributed by atoms with Crippen LogP contribution in [0.5, 0.6) is 0 Å². The third-order valence-corrected chi connectivity index (χ3v) is 3.66. The van der Waals surface area contributed by atoms with Crippen LogP contribution in [0.2, 0.25) is 0 Å². The summed E-state index contributed by atoms with van der Waals surface area (Å²) in [4.78, 5) is 23.4. The minimum absolute atomic E-state index is 0.0311. The van der Waals surface area contributed by atoms with Gasteiger partial charge in [-0.05, 0) is 12.5 Å². The predicted molar refractivity (Wildman–Crippen MR) is 70.8 cm³/mol. The fourth-order valence-electron chi connectivity index (χ4n) is 2.22. The summed E-state index contributed by atoms with van der Waals surface area (Å²) < 4.78 is 5.30. The Morgan fingerprint density at radius 1 is 1.37 bits per heavy atom. The summed E-state index contributed by atoms with van der Waals surface area (Å²) in [5.41, 5.74) is 0. The first-order valence-electron chi connectivity index (χ1n) is 6.85. The Hall–Kier alpha value is -1.14. The Morgan fingerprint density at radius 3 is 2.58 bits per heavy atom. The molecule has 3 N–H and O–H groups in total. The molecule has 0 aromatic heterocycles. The summed E-state index contributed by atoms with van der Waals surface area (Å²) in [5, 5.41) is 15.0. The summed E-state index contributed by atoms with van der Waals surface area (Å²) in [6, 6.07) is -0.864. The lowest BCUT2D eigenvalue weighted by Crippen LogP contribution is -2.51. The van der Waals surface area contributed by atoms with Crippen molar-refractivity contribution >= 4 is 11.9 Å². The zero-order valence-corrected chi connectivity index (χ0v) is 11.8. The number of amides is 1. The van der Waals surface area contributed by atoms with Gasteiger partial charge in [-0.3, -0.25) is 4.79 Å². The maximum atomic E-state index is 12.2. The number of rotatable bonds is 7. The van der Waals surface area contributed by atoms with Crippen LogP contribution in [0, 0.1) is 11.8 Å². The highest BCUT2D eigenvalue weighted by molar-refractivity contribution is 5.85. The number of carboxylic acid groups (broad SMARTS) is 1. The lowest BCUT2D eigenvalue weighted by Gasteiger charge is -2.24. The Labute approximate surface area is 113 Å². The highest BCUT2D eigenvalue weighted by atomic mass is 16.5. The van der Waals surface area contributed by atoms with Crippen molar-refractivity contribution in [2.75, 3.05) is 19.8 Å². The number of likely N-dealkylation sites (N-methyl/N-ethyl adjacent to an activating group) is 1. The first-order chi connectivity index (χ1) is 9.01. The molecule has 0 aliphatic carbocycles. The van der Waals surface area contributed by atoms with E-state index in [1.165, 1.54) is 0 Å². The SMILES string of the molecule is CCNC1COCC1C(=O)N[C@H](C(=O)O)[C@@H](C)CC. The van der Waals surface area contributed by atoms with Crippen LogP contribution in [0.4, 0.5) is 0 Å². The van der Waals surface area contributed by atoms with Gasteiger partial charge in [0.05, 0.1) is 19.1 Å². The van der Waals surface area contributed by atoms with E-state index >= 15 is 0 Å². The van der Waals surface area contributed by atoms with E-state index in [4.69, 9.17) is 4.74 Å². The first kappa shape index (κ1) is 15.9. The topological polar surface area (TPSA) is 87.7 Å². The summed E-state index contributed by atoms with van der Waals surface area (Å²) in [7, 11) is 0. The number of ether oxygens (including phenoxy) is 1. The van der Waals surface area contributed by atoms with Crippen molar-refractivity contribution in [3.63, 3.8) is 0 Å². The Kier molecular flexibility index (Phi) is 6.24. The molecule has 6 nitrogen and oxygen atoms in total. The van der Waals surface area contributed by atoms with Gasteiger partial charge in [0.25, 0.3) is 0 Å². The van der Waals surface area contributed by atoms with E-state index in [0.29, 0.717) is 19.6 Å². The van der Waals surface area contributed by atoms with Gasteiger partial charge in [0.15, 0.2) is 0 Å². The number of carboxylic acids is 1. The van der Waals surface area contributed by atoms with Gasteiger partial charge in [-0.1, -0.05) is 27.2 Å². The minimum atomic E-state index is -0.985. The van der Waals surface area contributed by atoms with Crippen molar-refractivity contribution in [1.82, 2.24) is 10.6 Å². The van der Waals surface area contributed by atoms with Gasteiger partial charge in [-0.15, -0.1) is 0 Å². The molecule has 0 aromatic rings. The molecule has 1 aliphatic heterocycles. The molecule has 6 heteroatoms. The largest absolute Gasteiger partial charge is 0.480 e.